The van der Waals surface area contributed by atoms with Gasteiger partial charge in [-0.2, -0.15) is 0 Å². The van der Waals surface area contributed by atoms with Gasteiger partial charge in [0.05, 0.1) is 5.69 Å². The number of rotatable bonds is 6. The SMILES string of the molecule is CC1(C)c2ccccc2-c2ccc(N(c3ccc4c(ccc5ccccc54)c3)c3cccc(-c4ccccc4)c3-c3ccccc3-c3ccccc3)cc21. The molecule has 1 aliphatic rings. The molecule has 0 radical (unpaired) electrons. The van der Waals surface area contributed by atoms with Gasteiger partial charge in [-0.25, -0.2) is 0 Å². The summed E-state index contributed by atoms with van der Waals surface area (Å²) in [6.45, 7) is 4.73. The molecule has 0 amide bonds. The van der Waals surface area contributed by atoms with Crippen molar-refractivity contribution in [2.75, 3.05) is 4.90 Å². The van der Waals surface area contributed by atoms with Crippen LogP contribution in [0.2, 0.25) is 0 Å². The predicted molar refractivity (Wildman–Crippen MR) is 230 cm³/mol. The van der Waals surface area contributed by atoms with Crippen molar-refractivity contribution in [2.45, 2.75) is 19.3 Å². The van der Waals surface area contributed by atoms with Crippen molar-refractivity contribution in [1.82, 2.24) is 0 Å². The quantitative estimate of drug-likeness (QED) is 0.157. The number of anilines is 3. The summed E-state index contributed by atoms with van der Waals surface area (Å²) < 4.78 is 0. The molecule has 0 bridgehead atoms. The Labute approximate surface area is 317 Å². The Bertz CT molecular complexity index is 2850. The van der Waals surface area contributed by atoms with Gasteiger partial charge in [0.15, 0.2) is 0 Å². The van der Waals surface area contributed by atoms with Crippen LogP contribution in [0.25, 0.3) is 66.1 Å². The summed E-state index contributed by atoms with van der Waals surface area (Å²) in [5.41, 5.74) is 15.8. The van der Waals surface area contributed by atoms with E-state index in [0.717, 1.165) is 17.1 Å². The summed E-state index contributed by atoms with van der Waals surface area (Å²) in [5, 5.41) is 5.00. The lowest BCUT2D eigenvalue weighted by atomic mass is 9.82. The molecular formula is C53H39N. The molecule has 9 aromatic rings. The van der Waals surface area contributed by atoms with Crippen LogP contribution in [0, 0.1) is 0 Å². The molecule has 10 rings (SSSR count). The molecule has 0 unspecified atom stereocenters. The normalized spacial score (nSPS) is 12.8. The van der Waals surface area contributed by atoms with Gasteiger partial charge in [0.2, 0.25) is 0 Å². The average Bonchev–Trinajstić information content (AvgIpc) is 3.46. The summed E-state index contributed by atoms with van der Waals surface area (Å²) in [4.78, 5) is 2.50. The van der Waals surface area contributed by atoms with Crippen molar-refractivity contribution in [3.63, 3.8) is 0 Å². The summed E-state index contributed by atoms with van der Waals surface area (Å²) in [5.74, 6) is 0. The van der Waals surface area contributed by atoms with E-state index in [2.05, 4.69) is 219 Å². The molecule has 1 nitrogen and oxygen atoms in total. The summed E-state index contributed by atoms with van der Waals surface area (Å²) in [6.07, 6.45) is 0. The minimum Gasteiger partial charge on any atom is -0.310 e. The fourth-order valence-electron chi connectivity index (χ4n) is 8.84. The summed E-state index contributed by atoms with van der Waals surface area (Å²) in [7, 11) is 0. The van der Waals surface area contributed by atoms with Crippen LogP contribution in [-0.2, 0) is 5.41 Å². The average molecular weight is 690 g/mol. The minimum absolute atomic E-state index is 0.134. The number of benzene rings is 9. The van der Waals surface area contributed by atoms with Crippen LogP contribution >= 0.6 is 0 Å². The topological polar surface area (TPSA) is 3.24 Å². The maximum Gasteiger partial charge on any atom is 0.0546 e. The van der Waals surface area contributed by atoms with Crippen LogP contribution in [-0.4, -0.2) is 0 Å². The van der Waals surface area contributed by atoms with Crippen molar-refractivity contribution in [3.8, 4) is 44.5 Å². The number of fused-ring (bicyclic) bond motifs is 6. The van der Waals surface area contributed by atoms with E-state index in [1.54, 1.807) is 0 Å². The highest BCUT2D eigenvalue weighted by molar-refractivity contribution is 6.09. The largest absolute Gasteiger partial charge is 0.310 e. The van der Waals surface area contributed by atoms with Crippen molar-refractivity contribution in [1.29, 1.82) is 0 Å². The first-order chi connectivity index (χ1) is 26.6. The maximum atomic E-state index is 2.50. The number of hydrogen-bond acceptors (Lipinski definition) is 1. The number of hydrogen-bond donors (Lipinski definition) is 0. The highest BCUT2D eigenvalue weighted by Crippen LogP contribution is 2.53. The molecule has 256 valence electrons. The Kier molecular flexibility index (Phi) is 7.56. The van der Waals surface area contributed by atoms with E-state index in [-0.39, 0.29) is 5.41 Å². The zero-order chi connectivity index (χ0) is 36.2. The summed E-state index contributed by atoms with van der Waals surface area (Å²) in [6, 6.07) is 73.5. The van der Waals surface area contributed by atoms with Gasteiger partial charge >= 0.3 is 0 Å². The second-order valence-electron chi connectivity index (χ2n) is 14.9. The van der Waals surface area contributed by atoms with Gasteiger partial charge in [-0.05, 0) is 102 Å². The molecule has 0 heterocycles. The third kappa shape index (κ3) is 5.16. The maximum absolute atomic E-state index is 2.50. The van der Waals surface area contributed by atoms with E-state index in [4.69, 9.17) is 0 Å². The van der Waals surface area contributed by atoms with Crippen LogP contribution in [0.3, 0.4) is 0 Å². The molecule has 0 fully saturated rings. The van der Waals surface area contributed by atoms with Gasteiger partial charge in [-0.3, -0.25) is 0 Å². The van der Waals surface area contributed by atoms with E-state index in [1.807, 2.05) is 0 Å². The Hall–Kier alpha value is -6.70. The van der Waals surface area contributed by atoms with E-state index < -0.39 is 0 Å². The molecule has 1 aliphatic carbocycles. The van der Waals surface area contributed by atoms with Gasteiger partial charge < -0.3 is 4.90 Å². The van der Waals surface area contributed by atoms with Crippen molar-refractivity contribution in [3.05, 3.63) is 211 Å². The highest BCUT2D eigenvalue weighted by atomic mass is 15.1. The fraction of sp³-hybridized carbons (Fsp3) is 0.0566. The van der Waals surface area contributed by atoms with Gasteiger partial charge in [-0.1, -0.05) is 184 Å². The third-order valence-corrected chi connectivity index (χ3v) is 11.5. The van der Waals surface area contributed by atoms with Crippen molar-refractivity contribution < 1.29 is 0 Å². The molecule has 1 heteroatoms. The van der Waals surface area contributed by atoms with Crippen LogP contribution in [0.5, 0.6) is 0 Å². The molecule has 0 aliphatic heterocycles. The van der Waals surface area contributed by atoms with E-state index in [9.17, 15) is 0 Å². The van der Waals surface area contributed by atoms with Crippen LogP contribution in [0.15, 0.2) is 200 Å². The van der Waals surface area contributed by atoms with Gasteiger partial charge in [0.1, 0.15) is 0 Å². The van der Waals surface area contributed by atoms with Gasteiger partial charge in [-0.15, -0.1) is 0 Å². The standard InChI is InChI=1S/C53H39N/c1-53(2)49-26-14-13-23-46(49)47-33-31-41(35-50(47)53)54(40-30-32-44-39(34-40)29-28-38-20-9-10-21-42(38)44)51-27-15-25-45(37-18-7-4-8-19-37)52(51)48-24-12-11-22-43(48)36-16-5-3-6-17-36/h3-35H,1-2H3. The highest BCUT2D eigenvalue weighted by Gasteiger charge is 2.36. The van der Waals surface area contributed by atoms with E-state index >= 15 is 0 Å². The lowest BCUT2D eigenvalue weighted by Gasteiger charge is -2.31. The molecule has 0 N–H and O–H groups in total. The molecule has 0 aromatic heterocycles. The second-order valence-corrected chi connectivity index (χ2v) is 14.9. The second kappa shape index (κ2) is 12.8. The first kappa shape index (κ1) is 32.0. The Morgan fingerprint density at radius 2 is 0.907 bits per heavy atom. The van der Waals surface area contributed by atoms with Crippen molar-refractivity contribution >= 4 is 38.6 Å². The van der Waals surface area contributed by atoms with Crippen LogP contribution in [0.4, 0.5) is 17.1 Å². The Morgan fingerprint density at radius 1 is 0.352 bits per heavy atom. The minimum atomic E-state index is -0.134. The zero-order valence-electron chi connectivity index (χ0n) is 30.5. The zero-order valence-corrected chi connectivity index (χ0v) is 30.5. The Balaban J connectivity index is 1.28. The van der Waals surface area contributed by atoms with E-state index in [0.29, 0.717) is 0 Å². The van der Waals surface area contributed by atoms with Gasteiger partial charge in [0.25, 0.3) is 0 Å². The van der Waals surface area contributed by atoms with E-state index in [1.165, 1.54) is 77.2 Å². The third-order valence-electron chi connectivity index (χ3n) is 11.5. The predicted octanol–water partition coefficient (Wildman–Crippen LogP) is 14.8. The Morgan fingerprint density at radius 3 is 1.70 bits per heavy atom. The molecule has 0 atom stereocenters. The van der Waals surface area contributed by atoms with Gasteiger partial charge in [0, 0.05) is 22.4 Å². The molecule has 0 spiro atoms. The molecule has 54 heavy (non-hydrogen) atoms. The smallest absolute Gasteiger partial charge is 0.0546 e. The lowest BCUT2D eigenvalue weighted by molar-refractivity contribution is 0.660. The molecular weight excluding hydrogens is 651 g/mol. The fourth-order valence-corrected chi connectivity index (χ4v) is 8.84. The van der Waals surface area contributed by atoms with Crippen LogP contribution in [0.1, 0.15) is 25.0 Å². The first-order valence-corrected chi connectivity index (χ1v) is 18.9. The molecule has 0 saturated carbocycles. The lowest BCUT2D eigenvalue weighted by Crippen LogP contribution is -2.17. The monoisotopic (exact) mass is 689 g/mol. The van der Waals surface area contributed by atoms with Crippen molar-refractivity contribution in [2.24, 2.45) is 0 Å². The first-order valence-electron chi connectivity index (χ1n) is 18.9. The number of nitrogens with zero attached hydrogens (tertiary/aromatic N) is 1. The summed E-state index contributed by atoms with van der Waals surface area (Å²) >= 11 is 0. The molecule has 9 aromatic carbocycles. The molecule has 0 saturated heterocycles. The van der Waals surface area contributed by atoms with Crippen LogP contribution < -0.4 is 4.90 Å².